The summed E-state index contributed by atoms with van der Waals surface area (Å²) in [6, 6.07) is 0.862. The van der Waals surface area contributed by atoms with Crippen molar-refractivity contribution in [2.75, 3.05) is 43.1 Å². The van der Waals surface area contributed by atoms with Crippen LogP contribution in [-0.4, -0.2) is 91.3 Å². The number of fused-ring (bicyclic) bond motifs is 2. The second kappa shape index (κ2) is 19.1. The molecule has 6 rings (SSSR count). The molecule has 1 aromatic carbocycles. The van der Waals surface area contributed by atoms with E-state index < -0.39 is 66.8 Å². The van der Waals surface area contributed by atoms with E-state index in [0.29, 0.717) is 31.6 Å². The summed E-state index contributed by atoms with van der Waals surface area (Å²) in [5, 5.41) is 6.79. The highest BCUT2D eigenvalue weighted by molar-refractivity contribution is 7.56. The molecule has 58 heavy (non-hydrogen) atoms. The number of ether oxygens (including phenoxy) is 2. The molecule has 0 radical (unpaired) electrons. The Hall–Kier alpha value is -3.82. The number of hydrogen-bond donors (Lipinski definition) is 3. The predicted molar refractivity (Wildman–Crippen MR) is 209 cm³/mol. The number of halogens is 3. The van der Waals surface area contributed by atoms with Crippen molar-refractivity contribution >= 4 is 43.0 Å². The second-order valence-corrected chi connectivity index (χ2v) is 18.1. The van der Waals surface area contributed by atoms with Crippen LogP contribution < -0.4 is 20.9 Å². The number of nitrogens with zero attached hydrogens (tertiary/aromatic N) is 2. The summed E-state index contributed by atoms with van der Waals surface area (Å²) < 4.78 is 78.7. The number of alkyl carbamates (subject to hydrolysis) is 1. The summed E-state index contributed by atoms with van der Waals surface area (Å²) in [6.07, 6.45) is 5.23. The molecule has 5 atom stereocenters. The third-order valence-corrected chi connectivity index (χ3v) is 14.5. The van der Waals surface area contributed by atoms with Crippen LogP contribution in [0.1, 0.15) is 109 Å². The van der Waals surface area contributed by atoms with E-state index in [2.05, 4.69) is 16.0 Å². The fraction of sp³-hybridized carbons (Fsp3) is 0.700. The van der Waals surface area contributed by atoms with Crippen LogP contribution in [0.15, 0.2) is 30.4 Å². The minimum atomic E-state index is -4.66. The maximum absolute atomic E-state index is 14.5. The monoisotopic (exact) mass is 839 g/mol. The Morgan fingerprint density at radius 1 is 0.914 bits per heavy atom. The number of anilines is 2. The van der Waals surface area contributed by atoms with E-state index >= 15 is 0 Å². The van der Waals surface area contributed by atoms with Crippen LogP contribution in [0.4, 0.5) is 34.1 Å². The lowest BCUT2D eigenvalue weighted by Gasteiger charge is -2.32. The molecule has 2 aliphatic carbocycles. The molecule has 14 nitrogen and oxygen atoms in total. The topological polar surface area (TPSA) is 165 Å². The molecule has 0 bridgehead atoms. The van der Waals surface area contributed by atoms with Crippen LogP contribution in [0.25, 0.3) is 0 Å². The highest BCUT2D eigenvalue weighted by Gasteiger charge is 2.68. The Balaban J connectivity index is 1.27. The van der Waals surface area contributed by atoms with Gasteiger partial charge in [-0.25, -0.2) is 9.59 Å². The van der Waals surface area contributed by atoms with Gasteiger partial charge in [0.2, 0.25) is 11.8 Å². The van der Waals surface area contributed by atoms with Crippen LogP contribution in [0.5, 0.6) is 0 Å². The first-order valence-electron chi connectivity index (χ1n) is 20.9. The molecular weight excluding hydrogens is 782 g/mol. The number of benzene rings is 1. The van der Waals surface area contributed by atoms with E-state index in [1.807, 2.05) is 17.1 Å². The van der Waals surface area contributed by atoms with E-state index in [9.17, 15) is 36.9 Å². The van der Waals surface area contributed by atoms with Gasteiger partial charge in [0, 0.05) is 25.4 Å². The Kier molecular flexibility index (Phi) is 14.4. The maximum Gasteiger partial charge on any atom is 0.416 e. The van der Waals surface area contributed by atoms with Crippen LogP contribution in [-0.2, 0) is 38.9 Å². The Morgan fingerprint density at radius 3 is 2.28 bits per heavy atom. The number of amides is 4. The van der Waals surface area contributed by atoms with Gasteiger partial charge in [0.1, 0.15) is 29.6 Å². The minimum Gasteiger partial charge on any atom is -0.446 e. The fourth-order valence-electron chi connectivity index (χ4n) is 8.66. The summed E-state index contributed by atoms with van der Waals surface area (Å²) in [4.78, 5) is 58.8. The molecule has 0 unspecified atom stereocenters. The lowest BCUT2D eigenvalue weighted by Crippen LogP contribution is -2.55. The van der Waals surface area contributed by atoms with Crippen LogP contribution >= 0.6 is 7.60 Å². The van der Waals surface area contributed by atoms with Gasteiger partial charge in [-0.05, 0) is 103 Å². The zero-order chi connectivity index (χ0) is 41.5. The first-order chi connectivity index (χ1) is 27.8. The van der Waals surface area contributed by atoms with Gasteiger partial charge in [-0.2, -0.15) is 13.2 Å². The molecule has 0 spiro atoms. The number of allylic oxidation sites excluding steroid dienone is 1. The third kappa shape index (κ3) is 10.3. The molecule has 2 saturated heterocycles. The number of rotatable bonds is 10. The predicted octanol–water partition coefficient (Wildman–Crippen LogP) is 7.87. The van der Waals surface area contributed by atoms with Crippen molar-refractivity contribution in [3.63, 3.8) is 0 Å². The number of carbonyl (C=O) groups excluding carboxylic acids is 4. The lowest BCUT2D eigenvalue weighted by molar-refractivity contribution is -0.140. The standard InChI is InChI=1S/C40H57F3N5O9P/c1-3-54-58(53,55-4-2)39-25-28(39)15-9-6-5-7-10-18-31(44-37(51)56-29-16-11-12-17-29)36(50)48-26-30(24-34(48)35(49)46-39)57-38(52)45-32-23-27(40(41,42)43)19-20-33(32)47-21-13-8-14-22-47/h9,15,19-20,23,28-31,34H,3-8,10-14,16-18,21-22,24-26H2,1-2H3,(H,44,51)(H,45,52)(H,46,49)/b15-9-/t28-,30-,31+,34+,39+/m1/s1. The first-order valence-corrected chi connectivity index (χ1v) is 22.4. The number of nitrogens with one attached hydrogen (secondary N) is 3. The lowest BCUT2D eigenvalue weighted by atomic mass is 10.0. The molecule has 2 saturated carbocycles. The highest BCUT2D eigenvalue weighted by atomic mass is 31.2. The highest BCUT2D eigenvalue weighted by Crippen LogP contribution is 2.73. The smallest absolute Gasteiger partial charge is 0.416 e. The van der Waals surface area contributed by atoms with Crippen molar-refractivity contribution in [3.05, 3.63) is 35.9 Å². The maximum atomic E-state index is 14.5. The first kappa shape index (κ1) is 43.8. The fourth-order valence-corrected chi connectivity index (χ4v) is 11.0. The van der Waals surface area contributed by atoms with Crippen molar-refractivity contribution in [2.24, 2.45) is 5.92 Å². The molecule has 0 aromatic heterocycles. The van der Waals surface area contributed by atoms with Gasteiger partial charge in [0.05, 0.1) is 36.7 Å². The zero-order valence-electron chi connectivity index (χ0n) is 33.4. The molecule has 322 valence electrons. The average molecular weight is 840 g/mol. The van der Waals surface area contributed by atoms with Crippen molar-refractivity contribution in [1.29, 1.82) is 0 Å². The van der Waals surface area contributed by atoms with Crippen molar-refractivity contribution < 1.29 is 55.4 Å². The van der Waals surface area contributed by atoms with E-state index in [0.717, 1.165) is 69.9 Å². The summed E-state index contributed by atoms with van der Waals surface area (Å²) in [5.74, 6) is -1.65. The molecular formula is C40H57F3N5O9P. The normalized spacial score (nSPS) is 28.0. The van der Waals surface area contributed by atoms with Crippen LogP contribution in [0.2, 0.25) is 0 Å². The second-order valence-electron chi connectivity index (χ2n) is 15.8. The van der Waals surface area contributed by atoms with Gasteiger partial charge < -0.3 is 39.0 Å². The largest absolute Gasteiger partial charge is 0.446 e. The van der Waals surface area contributed by atoms with Gasteiger partial charge in [0.25, 0.3) is 0 Å². The van der Waals surface area contributed by atoms with E-state index in [1.165, 1.54) is 11.0 Å². The average Bonchev–Trinajstić information content (AvgIpc) is 3.44. The summed E-state index contributed by atoms with van der Waals surface area (Å²) in [6.45, 7) is 4.41. The van der Waals surface area contributed by atoms with Gasteiger partial charge in [-0.3, -0.25) is 19.5 Å². The van der Waals surface area contributed by atoms with Gasteiger partial charge in [-0.1, -0.05) is 25.0 Å². The Bertz CT molecular complexity index is 1710. The zero-order valence-corrected chi connectivity index (χ0v) is 34.3. The molecule has 3 aliphatic heterocycles. The SMILES string of the molecule is CCOP(=O)(OCC)[C@@]12C[C@H]1/C=C\CCCCC[C@H](NC(=O)OC1CCCC1)C(=O)N1C[C@H](OC(=O)Nc3cc(C(F)(F)F)ccc3N3CCCCC3)C[C@H]1C(=O)N2. The number of piperidine rings is 1. The molecule has 18 heteroatoms. The van der Waals surface area contributed by atoms with Gasteiger partial charge >= 0.3 is 26.0 Å². The summed E-state index contributed by atoms with van der Waals surface area (Å²) >= 11 is 0. The van der Waals surface area contributed by atoms with E-state index in [4.69, 9.17) is 18.5 Å². The van der Waals surface area contributed by atoms with Gasteiger partial charge in [0.15, 0.2) is 0 Å². The summed E-state index contributed by atoms with van der Waals surface area (Å²) in [7, 11) is -3.95. The molecule has 4 fully saturated rings. The van der Waals surface area contributed by atoms with Crippen molar-refractivity contribution in [3.8, 4) is 0 Å². The third-order valence-electron chi connectivity index (χ3n) is 11.7. The number of carbonyl (C=O) groups is 4. The Labute approximate surface area is 337 Å². The van der Waals surface area contributed by atoms with Crippen molar-refractivity contribution in [2.45, 2.75) is 139 Å². The molecule has 3 N–H and O–H groups in total. The number of alkyl halides is 3. The van der Waals surface area contributed by atoms with Gasteiger partial charge in [-0.15, -0.1) is 0 Å². The van der Waals surface area contributed by atoms with Crippen LogP contribution in [0.3, 0.4) is 0 Å². The van der Waals surface area contributed by atoms with E-state index in [-0.39, 0.29) is 56.7 Å². The van der Waals surface area contributed by atoms with Crippen molar-refractivity contribution in [1.82, 2.24) is 15.5 Å². The number of hydrogen-bond acceptors (Lipinski definition) is 10. The van der Waals surface area contributed by atoms with E-state index in [1.54, 1.807) is 13.8 Å². The molecule has 4 amide bonds. The minimum absolute atomic E-state index is 0.0556. The molecule has 1 aromatic rings. The summed E-state index contributed by atoms with van der Waals surface area (Å²) in [5.41, 5.74) is -0.602. The quantitative estimate of drug-likeness (QED) is 0.156. The van der Waals surface area contributed by atoms with Crippen LogP contribution in [0, 0.1) is 5.92 Å². The molecule has 5 aliphatic rings. The Morgan fingerprint density at radius 2 is 1.59 bits per heavy atom. The molecule has 3 heterocycles.